The van der Waals surface area contributed by atoms with Crippen LogP contribution < -0.4 is 5.32 Å². The van der Waals surface area contributed by atoms with Gasteiger partial charge < -0.3 is 10.4 Å². The smallest absolute Gasteiger partial charge is 0.0571 e. The first-order valence-corrected chi connectivity index (χ1v) is 9.49. The van der Waals surface area contributed by atoms with Crippen LogP contribution in [0.15, 0.2) is 0 Å². The van der Waals surface area contributed by atoms with Gasteiger partial charge in [-0.05, 0) is 55.9 Å². The number of aliphatic hydroxyl groups excluding tert-OH is 1. The molecule has 3 unspecified atom stereocenters. The minimum atomic E-state index is -0.0350. The number of hydrogen-bond acceptors (Lipinski definition) is 2. The van der Waals surface area contributed by atoms with E-state index in [1.54, 1.807) is 0 Å². The molecular weight excluding hydrogens is 258 g/mol. The van der Waals surface area contributed by atoms with Crippen LogP contribution in [0, 0.1) is 23.7 Å². The lowest BCUT2D eigenvalue weighted by atomic mass is 9.65. The Kier molecular flexibility index (Phi) is 7.01. The van der Waals surface area contributed by atoms with Gasteiger partial charge in [0.15, 0.2) is 0 Å². The molecule has 2 aliphatic rings. The predicted octanol–water partition coefficient (Wildman–Crippen LogP) is 4.37. The predicted molar refractivity (Wildman–Crippen MR) is 90.3 cm³/mol. The van der Waals surface area contributed by atoms with Gasteiger partial charge in [-0.3, -0.25) is 0 Å². The lowest BCUT2D eigenvalue weighted by Crippen LogP contribution is -2.39. The average molecular weight is 296 g/mol. The zero-order chi connectivity index (χ0) is 15.2. The topological polar surface area (TPSA) is 32.3 Å². The molecule has 2 saturated carbocycles. The Morgan fingerprint density at radius 1 is 1.05 bits per heavy atom. The number of hydrogen-bond donors (Lipinski definition) is 2. The van der Waals surface area contributed by atoms with Crippen LogP contribution in [0.2, 0.25) is 0 Å². The molecule has 2 nitrogen and oxygen atoms in total. The van der Waals surface area contributed by atoms with E-state index in [2.05, 4.69) is 26.1 Å². The van der Waals surface area contributed by atoms with Crippen LogP contribution in [-0.4, -0.2) is 23.8 Å². The molecule has 4 atom stereocenters. The van der Waals surface area contributed by atoms with Crippen LogP contribution in [0.25, 0.3) is 0 Å². The molecule has 0 spiro atoms. The van der Waals surface area contributed by atoms with E-state index in [1.165, 1.54) is 51.4 Å². The van der Waals surface area contributed by atoms with E-state index >= 15 is 0 Å². The summed E-state index contributed by atoms with van der Waals surface area (Å²) in [4.78, 5) is 0. The third kappa shape index (κ3) is 5.25. The van der Waals surface area contributed by atoms with E-state index in [1.807, 2.05) is 0 Å². The second-order valence-corrected chi connectivity index (χ2v) is 8.11. The van der Waals surface area contributed by atoms with Crippen molar-refractivity contribution in [3.63, 3.8) is 0 Å². The van der Waals surface area contributed by atoms with Crippen molar-refractivity contribution >= 4 is 0 Å². The second kappa shape index (κ2) is 8.53. The Morgan fingerprint density at radius 3 is 2.43 bits per heavy atom. The maximum atomic E-state index is 10.6. The molecule has 2 aliphatic carbocycles. The molecule has 2 fully saturated rings. The summed E-state index contributed by atoms with van der Waals surface area (Å²) in [5.41, 5.74) is 0. The highest BCUT2D eigenvalue weighted by molar-refractivity contribution is 4.88. The summed E-state index contributed by atoms with van der Waals surface area (Å²) in [5.74, 6) is 2.99. The first-order chi connectivity index (χ1) is 10.1. The summed E-state index contributed by atoms with van der Waals surface area (Å²) in [5, 5.41) is 14.2. The molecule has 0 aromatic carbocycles. The normalized spacial score (nSPS) is 33.3. The molecule has 0 amide bonds. The second-order valence-electron chi connectivity index (χ2n) is 8.11. The molecule has 2 rings (SSSR count). The number of rotatable bonds is 6. The van der Waals surface area contributed by atoms with Crippen molar-refractivity contribution in [1.29, 1.82) is 0 Å². The van der Waals surface area contributed by atoms with Crippen LogP contribution in [0.4, 0.5) is 0 Å². The Hall–Kier alpha value is -0.0800. The fourth-order valence-corrected chi connectivity index (χ4v) is 4.77. The van der Waals surface area contributed by atoms with Gasteiger partial charge in [0.25, 0.3) is 0 Å². The van der Waals surface area contributed by atoms with Gasteiger partial charge in [0.05, 0.1) is 6.10 Å². The monoisotopic (exact) mass is 295 g/mol. The summed E-state index contributed by atoms with van der Waals surface area (Å²) in [6.45, 7) is 7.96. The zero-order valence-electron chi connectivity index (χ0n) is 14.5. The van der Waals surface area contributed by atoms with Gasteiger partial charge in [0.1, 0.15) is 0 Å². The van der Waals surface area contributed by atoms with E-state index in [-0.39, 0.29) is 6.10 Å². The van der Waals surface area contributed by atoms with Crippen molar-refractivity contribution in [3.05, 3.63) is 0 Å². The van der Waals surface area contributed by atoms with E-state index in [0.717, 1.165) is 30.7 Å². The first-order valence-electron chi connectivity index (χ1n) is 9.49. The minimum absolute atomic E-state index is 0.0350. The fraction of sp³-hybridized carbons (Fsp3) is 1.00. The summed E-state index contributed by atoms with van der Waals surface area (Å²) in [6, 6.07) is 0.576. The maximum absolute atomic E-state index is 10.6. The van der Waals surface area contributed by atoms with Crippen LogP contribution >= 0.6 is 0 Å². The van der Waals surface area contributed by atoms with Crippen LogP contribution in [0.3, 0.4) is 0 Å². The molecular formula is C19H37NO. The first kappa shape index (κ1) is 17.3. The Balaban J connectivity index is 1.98. The highest BCUT2D eigenvalue weighted by Gasteiger charge is 2.37. The molecule has 0 aliphatic heterocycles. The number of aliphatic hydroxyl groups is 1. The van der Waals surface area contributed by atoms with Crippen molar-refractivity contribution in [2.45, 2.75) is 90.7 Å². The zero-order valence-corrected chi connectivity index (χ0v) is 14.5. The molecule has 0 aromatic heterocycles. The molecule has 0 bridgehead atoms. The third-order valence-corrected chi connectivity index (χ3v) is 5.96. The van der Waals surface area contributed by atoms with Gasteiger partial charge in [0, 0.05) is 6.04 Å². The number of nitrogens with one attached hydrogen (secondary N) is 1. The highest BCUT2D eigenvalue weighted by atomic mass is 16.3. The molecule has 124 valence electrons. The van der Waals surface area contributed by atoms with Crippen molar-refractivity contribution in [3.8, 4) is 0 Å². The summed E-state index contributed by atoms with van der Waals surface area (Å²) in [6.07, 6.45) is 11.8. The van der Waals surface area contributed by atoms with E-state index in [0.29, 0.717) is 12.0 Å². The summed E-state index contributed by atoms with van der Waals surface area (Å²) in [7, 11) is 0. The van der Waals surface area contributed by atoms with E-state index in [4.69, 9.17) is 0 Å². The quantitative estimate of drug-likeness (QED) is 0.762. The fourth-order valence-electron chi connectivity index (χ4n) is 4.77. The van der Waals surface area contributed by atoms with Gasteiger partial charge in [-0.25, -0.2) is 0 Å². The summed E-state index contributed by atoms with van der Waals surface area (Å²) >= 11 is 0. The Bertz CT molecular complexity index is 285. The van der Waals surface area contributed by atoms with Crippen molar-refractivity contribution in [2.75, 3.05) is 6.54 Å². The highest BCUT2D eigenvalue weighted by Crippen LogP contribution is 2.43. The van der Waals surface area contributed by atoms with Gasteiger partial charge in [-0.15, -0.1) is 0 Å². The van der Waals surface area contributed by atoms with Gasteiger partial charge in [-0.1, -0.05) is 52.9 Å². The van der Waals surface area contributed by atoms with Crippen LogP contribution in [0.1, 0.15) is 78.6 Å². The molecule has 0 aromatic rings. The summed E-state index contributed by atoms with van der Waals surface area (Å²) < 4.78 is 0. The van der Waals surface area contributed by atoms with E-state index < -0.39 is 0 Å². The molecule has 2 heteroatoms. The lowest BCUT2D eigenvalue weighted by molar-refractivity contribution is -0.00599. The Morgan fingerprint density at radius 2 is 1.76 bits per heavy atom. The standard InChI is InChI=1S/C19H37NO/c1-14(2)20-12-11-17(16-7-5-4-6-8-16)18-13-15(3)9-10-19(18)21/h14-21H,4-13H2,1-3H3/t15?,17-,18?,19?/m1/s1. The average Bonchev–Trinajstić information content (AvgIpc) is 2.47. The van der Waals surface area contributed by atoms with Crippen molar-refractivity contribution < 1.29 is 5.11 Å². The van der Waals surface area contributed by atoms with Gasteiger partial charge in [0.2, 0.25) is 0 Å². The van der Waals surface area contributed by atoms with Gasteiger partial charge >= 0.3 is 0 Å². The van der Waals surface area contributed by atoms with Crippen LogP contribution in [0.5, 0.6) is 0 Å². The SMILES string of the molecule is CC1CCC(O)C([C@H](CCNC(C)C)C2CCCCC2)C1. The maximum Gasteiger partial charge on any atom is 0.0571 e. The molecule has 0 radical (unpaired) electrons. The van der Waals surface area contributed by atoms with E-state index in [9.17, 15) is 5.11 Å². The van der Waals surface area contributed by atoms with Crippen molar-refractivity contribution in [1.82, 2.24) is 5.32 Å². The molecule has 2 N–H and O–H groups in total. The Labute approximate surface area is 132 Å². The minimum Gasteiger partial charge on any atom is -0.393 e. The third-order valence-electron chi connectivity index (χ3n) is 5.96. The van der Waals surface area contributed by atoms with Crippen molar-refractivity contribution in [2.24, 2.45) is 23.7 Å². The van der Waals surface area contributed by atoms with Crippen LogP contribution in [-0.2, 0) is 0 Å². The largest absolute Gasteiger partial charge is 0.393 e. The molecule has 21 heavy (non-hydrogen) atoms. The van der Waals surface area contributed by atoms with Gasteiger partial charge in [-0.2, -0.15) is 0 Å². The lowest BCUT2D eigenvalue weighted by Gasteiger charge is -2.42. The molecule has 0 heterocycles. The molecule has 0 saturated heterocycles.